The Labute approximate surface area is 204 Å². The maximum Gasteiger partial charge on any atom is 0.255 e. The number of aryl methyl sites for hydroxylation is 1. The van der Waals surface area contributed by atoms with E-state index in [9.17, 15) is 4.79 Å². The average Bonchev–Trinajstić information content (AvgIpc) is 2.85. The summed E-state index contributed by atoms with van der Waals surface area (Å²) in [7, 11) is 0. The number of hydrogen-bond donors (Lipinski definition) is 1. The second kappa shape index (κ2) is 11.4. The second-order valence-corrected chi connectivity index (χ2v) is 8.84. The number of anilines is 1. The molecule has 0 aliphatic rings. The third kappa shape index (κ3) is 6.21. The van der Waals surface area contributed by atoms with Gasteiger partial charge in [-0.1, -0.05) is 54.2 Å². The molecule has 0 aliphatic heterocycles. The van der Waals surface area contributed by atoms with Crippen LogP contribution < -0.4 is 14.8 Å². The number of carbonyl (C=O) groups is 1. The zero-order chi connectivity index (χ0) is 23.8. The molecule has 0 heterocycles. The molecular weight excluding hydrogens is 442 g/mol. The van der Waals surface area contributed by atoms with Gasteiger partial charge in [-0.05, 0) is 74.0 Å². The zero-order valence-electron chi connectivity index (χ0n) is 19.3. The van der Waals surface area contributed by atoms with E-state index < -0.39 is 0 Å². The van der Waals surface area contributed by atoms with Gasteiger partial charge in [-0.3, -0.25) is 4.79 Å². The number of hydrogen-bond acceptors (Lipinski definition) is 4. The Morgan fingerprint density at radius 2 is 1.65 bits per heavy atom. The number of rotatable bonds is 9. The van der Waals surface area contributed by atoms with Gasteiger partial charge < -0.3 is 14.8 Å². The van der Waals surface area contributed by atoms with Gasteiger partial charge in [0.2, 0.25) is 0 Å². The molecule has 4 aromatic carbocycles. The Morgan fingerprint density at radius 3 is 2.44 bits per heavy atom. The minimum Gasteiger partial charge on any atom is -0.493 e. The minimum absolute atomic E-state index is 0.180. The van der Waals surface area contributed by atoms with Crippen molar-refractivity contribution in [3.05, 3.63) is 114 Å². The van der Waals surface area contributed by atoms with E-state index in [1.807, 2.05) is 92.7 Å². The fraction of sp³-hybridized carbons (Fsp3) is 0.138. The third-order valence-electron chi connectivity index (χ3n) is 5.11. The van der Waals surface area contributed by atoms with Gasteiger partial charge in [0.15, 0.2) is 0 Å². The highest BCUT2D eigenvalue weighted by molar-refractivity contribution is 7.99. The lowest BCUT2D eigenvalue weighted by Crippen LogP contribution is -2.13. The van der Waals surface area contributed by atoms with Crippen molar-refractivity contribution in [2.45, 2.75) is 30.2 Å². The van der Waals surface area contributed by atoms with E-state index in [2.05, 4.69) is 17.4 Å². The van der Waals surface area contributed by atoms with Gasteiger partial charge in [-0.15, -0.1) is 0 Å². The van der Waals surface area contributed by atoms with Gasteiger partial charge >= 0.3 is 0 Å². The van der Waals surface area contributed by atoms with Gasteiger partial charge in [-0.2, -0.15) is 0 Å². The van der Waals surface area contributed by atoms with Crippen molar-refractivity contribution >= 4 is 23.4 Å². The van der Waals surface area contributed by atoms with E-state index in [0.29, 0.717) is 24.5 Å². The van der Waals surface area contributed by atoms with Crippen LogP contribution in [0.3, 0.4) is 0 Å². The van der Waals surface area contributed by atoms with E-state index in [4.69, 9.17) is 9.47 Å². The smallest absolute Gasteiger partial charge is 0.255 e. The van der Waals surface area contributed by atoms with Crippen molar-refractivity contribution < 1.29 is 14.3 Å². The van der Waals surface area contributed by atoms with Crippen LogP contribution in [0.15, 0.2) is 107 Å². The Kier molecular flexibility index (Phi) is 7.89. The van der Waals surface area contributed by atoms with Crippen molar-refractivity contribution in [1.82, 2.24) is 0 Å². The molecule has 0 fully saturated rings. The molecule has 1 N–H and O–H groups in total. The van der Waals surface area contributed by atoms with Crippen LogP contribution in [0.25, 0.3) is 0 Å². The highest BCUT2D eigenvalue weighted by atomic mass is 32.2. The molecule has 0 unspecified atom stereocenters. The largest absolute Gasteiger partial charge is 0.493 e. The number of nitrogens with one attached hydrogen (secondary N) is 1. The zero-order valence-corrected chi connectivity index (χ0v) is 20.1. The molecule has 4 aromatic rings. The first-order chi connectivity index (χ1) is 16.6. The Bertz CT molecular complexity index is 1260. The van der Waals surface area contributed by atoms with Crippen LogP contribution >= 0.6 is 11.8 Å². The van der Waals surface area contributed by atoms with Crippen molar-refractivity contribution in [3.8, 4) is 11.5 Å². The third-order valence-corrected chi connectivity index (χ3v) is 6.20. The van der Waals surface area contributed by atoms with Crippen molar-refractivity contribution in [1.29, 1.82) is 0 Å². The van der Waals surface area contributed by atoms with Crippen molar-refractivity contribution in [2.75, 3.05) is 11.9 Å². The second-order valence-electron chi connectivity index (χ2n) is 7.73. The molecule has 0 aromatic heterocycles. The lowest BCUT2D eigenvalue weighted by molar-refractivity contribution is 0.102. The average molecular weight is 470 g/mol. The van der Waals surface area contributed by atoms with Crippen molar-refractivity contribution in [2.24, 2.45) is 0 Å². The summed E-state index contributed by atoms with van der Waals surface area (Å²) >= 11 is 1.62. The van der Waals surface area contributed by atoms with E-state index in [0.717, 1.165) is 32.4 Å². The first-order valence-corrected chi connectivity index (χ1v) is 12.0. The van der Waals surface area contributed by atoms with Crippen molar-refractivity contribution in [3.63, 3.8) is 0 Å². The molecule has 4 nitrogen and oxygen atoms in total. The molecule has 34 heavy (non-hydrogen) atoms. The number of para-hydroxylation sites is 1. The molecule has 0 bridgehead atoms. The van der Waals surface area contributed by atoms with Crippen LogP contribution in [0.1, 0.15) is 28.4 Å². The highest BCUT2D eigenvalue weighted by Crippen LogP contribution is 2.33. The van der Waals surface area contributed by atoms with E-state index >= 15 is 0 Å². The number of carbonyl (C=O) groups excluding carboxylic acids is 1. The summed E-state index contributed by atoms with van der Waals surface area (Å²) in [5.41, 5.74) is 3.27. The molecule has 0 saturated carbocycles. The van der Waals surface area contributed by atoms with Gasteiger partial charge in [0.05, 0.1) is 12.3 Å². The molecular formula is C29H27NO3S. The number of ether oxygens (including phenoxy) is 2. The Morgan fingerprint density at radius 1 is 0.853 bits per heavy atom. The van der Waals surface area contributed by atoms with Crippen LogP contribution in [-0.4, -0.2) is 12.5 Å². The lowest BCUT2D eigenvalue weighted by atomic mass is 10.1. The van der Waals surface area contributed by atoms with E-state index in [1.54, 1.807) is 17.8 Å². The molecule has 172 valence electrons. The summed E-state index contributed by atoms with van der Waals surface area (Å²) in [4.78, 5) is 15.3. The maximum atomic E-state index is 13.2. The van der Waals surface area contributed by atoms with Crippen LogP contribution in [0.5, 0.6) is 11.5 Å². The molecule has 0 atom stereocenters. The summed E-state index contributed by atoms with van der Waals surface area (Å²) < 4.78 is 11.8. The number of amides is 1. The molecule has 0 spiro atoms. The van der Waals surface area contributed by atoms with Gasteiger partial charge in [0, 0.05) is 20.9 Å². The molecule has 0 aliphatic carbocycles. The maximum absolute atomic E-state index is 13.2. The summed E-state index contributed by atoms with van der Waals surface area (Å²) in [6, 6.07) is 31.3. The van der Waals surface area contributed by atoms with Crippen LogP contribution in [0.4, 0.5) is 5.69 Å². The lowest BCUT2D eigenvalue weighted by Gasteiger charge is -2.15. The highest BCUT2D eigenvalue weighted by Gasteiger charge is 2.14. The topological polar surface area (TPSA) is 47.6 Å². The van der Waals surface area contributed by atoms with Crippen LogP contribution in [0, 0.1) is 6.92 Å². The standard InChI is InChI=1S/C29H27NO3S/c1-3-32-27-17-16-22(19-23(27)20-33-24-11-9-10-21(2)18-24)29(31)30-26-14-7-8-15-28(26)34-25-12-5-4-6-13-25/h4-19H,3,20H2,1-2H3,(H,30,31). The molecule has 0 radical (unpaired) electrons. The summed E-state index contributed by atoms with van der Waals surface area (Å²) in [5.74, 6) is 1.32. The minimum atomic E-state index is -0.180. The Balaban J connectivity index is 1.52. The predicted molar refractivity (Wildman–Crippen MR) is 138 cm³/mol. The predicted octanol–water partition coefficient (Wildman–Crippen LogP) is 7.38. The first kappa shape index (κ1) is 23.5. The van der Waals surface area contributed by atoms with Gasteiger partial charge in [0.1, 0.15) is 18.1 Å². The van der Waals surface area contributed by atoms with Gasteiger partial charge in [-0.25, -0.2) is 0 Å². The van der Waals surface area contributed by atoms with Gasteiger partial charge in [0.25, 0.3) is 5.91 Å². The van der Waals surface area contributed by atoms with Crippen LogP contribution in [-0.2, 0) is 6.61 Å². The molecule has 1 amide bonds. The molecule has 4 rings (SSSR count). The fourth-order valence-electron chi connectivity index (χ4n) is 3.46. The van der Waals surface area contributed by atoms with E-state index in [1.165, 1.54) is 0 Å². The Hall–Kier alpha value is -3.70. The first-order valence-electron chi connectivity index (χ1n) is 11.2. The summed E-state index contributed by atoms with van der Waals surface area (Å²) in [6.45, 7) is 4.80. The SMILES string of the molecule is CCOc1ccc(C(=O)Nc2ccccc2Sc2ccccc2)cc1COc1cccc(C)c1. The normalized spacial score (nSPS) is 10.5. The molecule has 5 heteroatoms. The summed E-state index contributed by atoms with van der Waals surface area (Å²) in [5, 5.41) is 3.07. The monoisotopic (exact) mass is 469 g/mol. The van der Waals surface area contributed by atoms with Crippen LogP contribution in [0.2, 0.25) is 0 Å². The van der Waals surface area contributed by atoms with E-state index in [-0.39, 0.29) is 5.91 Å². The summed E-state index contributed by atoms with van der Waals surface area (Å²) in [6.07, 6.45) is 0. The molecule has 0 saturated heterocycles. The quantitative estimate of drug-likeness (QED) is 0.278. The fourth-order valence-corrected chi connectivity index (χ4v) is 4.39. The number of benzene rings is 4.